The number of anilines is 1. The van der Waals surface area contributed by atoms with Crippen LogP contribution < -0.4 is 5.32 Å². The van der Waals surface area contributed by atoms with Crippen molar-refractivity contribution in [3.8, 4) is 0 Å². The summed E-state index contributed by atoms with van der Waals surface area (Å²) in [6.07, 6.45) is 14.4. The molecule has 2 nitrogen and oxygen atoms in total. The van der Waals surface area contributed by atoms with Gasteiger partial charge in [0.15, 0.2) is 0 Å². The minimum absolute atomic E-state index is 0.314. The first-order valence-corrected chi connectivity index (χ1v) is 9.16. The Morgan fingerprint density at radius 1 is 1.05 bits per heavy atom. The van der Waals surface area contributed by atoms with Crippen LogP contribution in [0, 0.1) is 11.9 Å². The Labute approximate surface area is 133 Å². The van der Waals surface area contributed by atoms with Crippen molar-refractivity contribution in [1.82, 2.24) is 4.98 Å². The quantitative estimate of drug-likeness (QED) is 0.727. The van der Waals surface area contributed by atoms with Crippen molar-refractivity contribution in [2.75, 3.05) is 5.32 Å². The highest BCUT2D eigenvalue weighted by molar-refractivity contribution is 5.52. The number of halogens is 1. The van der Waals surface area contributed by atoms with Crippen LogP contribution in [0.1, 0.15) is 82.6 Å². The number of hydrogen-bond donors (Lipinski definition) is 1. The Kier molecular flexibility index (Phi) is 5.32. The van der Waals surface area contributed by atoms with Gasteiger partial charge in [-0.15, -0.1) is 0 Å². The first-order valence-electron chi connectivity index (χ1n) is 9.16. The third kappa shape index (κ3) is 3.61. The van der Waals surface area contributed by atoms with Crippen LogP contribution in [0.2, 0.25) is 0 Å². The van der Waals surface area contributed by atoms with Gasteiger partial charge in [-0.25, -0.2) is 4.98 Å². The minimum Gasteiger partial charge on any atom is -0.378 e. The van der Waals surface area contributed by atoms with Gasteiger partial charge in [-0.2, -0.15) is 4.39 Å². The molecule has 1 N–H and O–H groups in total. The second kappa shape index (κ2) is 7.43. The van der Waals surface area contributed by atoms with Crippen LogP contribution in [0.15, 0.2) is 12.3 Å². The lowest BCUT2D eigenvalue weighted by atomic mass is 9.80. The smallest absolute Gasteiger partial charge is 0.236 e. The minimum atomic E-state index is -0.314. The Morgan fingerprint density at radius 2 is 1.73 bits per heavy atom. The van der Waals surface area contributed by atoms with Gasteiger partial charge in [-0.3, -0.25) is 0 Å². The fourth-order valence-electron chi connectivity index (χ4n) is 3.99. The highest BCUT2D eigenvalue weighted by Crippen LogP contribution is 2.37. The van der Waals surface area contributed by atoms with E-state index in [1.165, 1.54) is 69.8 Å². The lowest BCUT2D eigenvalue weighted by Gasteiger charge is -2.33. The van der Waals surface area contributed by atoms with Crippen LogP contribution in [0.3, 0.4) is 0 Å². The van der Waals surface area contributed by atoms with Crippen LogP contribution in [0.4, 0.5) is 10.1 Å². The summed E-state index contributed by atoms with van der Waals surface area (Å²) in [5, 5.41) is 3.48. The molecule has 0 amide bonds. The van der Waals surface area contributed by atoms with Crippen LogP contribution in [-0.4, -0.2) is 11.0 Å². The number of nitrogens with zero attached hydrogens (tertiary/aromatic N) is 1. The second-order valence-corrected chi connectivity index (χ2v) is 7.23. The van der Waals surface area contributed by atoms with E-state index in [1.807, 2.05) is 6.07 Å². The van der Waals surface area contributed by atoms with Gasteiger partial charge in [-0.05, 0) is 56.1 Å². The number of rotatable bonds is 4. The molecule has 122 valence electrons. The summed E-state index contributed by atoms with van der Waals surface area (Å²) in [6, 6.07) is 2.39. The zero-order chi connectivity index (χ0) is 15.4. The van der Waals surface area contributed by atoms with Gasteiger partial charge in [-0.1, -0.05) is 38.5 Å². The monoisotopic (exact) mass is 304 g/mol. The van der Waals surface area contributed by atoms with Crippen molar-refractivity contribution in [2.45, 2.75) is 83.1 Å². The Morgan fingerprint density at radius 3 is 2.36 bits per heavy atom. The molecule has 2 fully saturated rings. The van der Waals surface area contributed by atoms with Crippen molar-refractivity contribution in [3.63, 3.8) is 0 Å². The van der Waals surface area contributed by atoms with Crippen LogP contribution in [0.25, 0.3) is 0 Å². The molecule has 1 aromatic heterocycles. The van der Waals surface area contributed by atoms with E-state index in [9.17, 15) is 4.39 Å². The average molecular weight is 304 g/mol. The van der Waals surface area contributed by atoms with E-state index < -0.39 is 0 Å². The molecule has 1 heterocycles. The second-order valence-electron chi connectivity index (χ2n) is 7.23. The third-order valence-electron chi connectivity index (χ3n) is 5.71. The van der Waals surface area contributed by atoms with Gasteiger partial charge in [0.25, 0.3) is 0 Å². The van der Waals surface area contributed by atoms with E-state index in [4.69, 9.17) is 0 Å². The predicted molar refractivity (Wildman–Crippen MR) is 89.7 cm³/mol. The maximum atomic E-state index is 14.4. The summed E-state index contributed by atoms with van der Waals surface area (Å²) >= 11 is 0. The van der Waals surface area contributed by atoms with Gasteiger partial charge in [0, 0.05) is 12.2 Å². The Bertz CT molecular complexity index is 476. The van der Waals surface area contributed by atoms with Gasteiger partial charge < -0.3 is 5.32 Å². The zero-order valence-electron chi connectivity index (χ0n) is 13.8. The van der Waals surface area contributed by atoms with Crippen molar-refractivity contribution < 1.29 is 4.39 Å². The largest absolute Gasteiger partial charge is 0.378 e. The molecule has 1 aromatic rings. The molecular weight excluding hydrogens is 275 g/mol. The molecule has 0 radical (unpaired) electrons. The first-order chi connectivity index (χ1) is 10.8. The molecular formula is C19H29FN2. The molecule has 0 aromatic carbocycles. The predicted octanol–water partition coefficient (Wildman–Crippen LogP) is 5.65. The van der Waals surface area contributed by atoms with Gasteiger partial charge in [0.05, 0.1) is 5.69 Å². The van der Waals surface area contributed by atoms with Crippen molar-refractivity contribution in [2.24, 2.45) is 5.92 Å². The lowest BCUT2D eigenvalue weighted by Crippen LogP contribution is -2.31. The fraction of sp³-hybridized carbons (Fsp3) is 0.737. The Hall–Kier alpha value is -1.12. The molecule has 1 unspecified atom stereocenters. The SMILES string of the molecule is CC(Nc1c(C2CCCCCCC2)ccnc1F)C1CCC1. The molecule has 0 saturated heterocycles. The summed E-state index contributed by atoms with van der Waals surface area (Å²) < 4.78 is 14.4. The van der Waals surface area contributed by atoms with E-state index in [2.05, 4.69) is 17.2 Å². The summed E-state index contributed by atoms with van der Waals surface area (Å²) in [5.41, 5.74) is 1.85. The van der Waals surface area contributed by atoms with Crippen LogP contribution >= 0.6 is 0 Å². The molecule has 0 bridgehead atoms. The maximum Gasteiger partial charge on any atom is 0.236 e. The normalized spacial score (nSPS) is 22.5. The summed E-state index contributed by atoms with van der Waals surface area (Å²) in [5.74, 6) is 0.879. The van der Waals surface area contributed by atoms with Crippen LogP contribution in [0.5, 0.6) is 0 Å². The Balaban J connectivity index is 1.78. The fourth-order valence-corrected chi connectivity index (χ4v) is 3.99. The lowest BCUT2D eigenvalue weighted by molar-refractivity contribution is 0.284. The summed E-state index contributed by atoms with van der Waals surface area (Å²) in [7, 11) is 0. The zero-order valence-corrected chi connectivity index (χ0v) is 13.8. The molecule has 2 saturated carbocycles. The van der Waals surface area contributed by atoms with Gasteiger partial charge in [0.2, 0.25) is 5.95 Å². The molecule has 22 heavy (non-hydrogen) atoms. The maximum absolute atomic E-state index is 14.4. The van der Waals surface area contributed by atoms with E-state index in [0.29, 0.717) is 23.6 Å². The van der Waals surface area contributed by atoms with E-state index in [-0.39, 0.29) is 5.95 Å². The number of aromatic nitrogens is 1. The van der Waals surface area contributed by atoms with E-state index in [1.54, 1.807) is 6.20 Å². The average Bonchev–Trinajstić information content (AvgIpc) is 2.39. The molecule has 2 aliphatic carbocycles. The molecule has 3 rings (SSSR count). The van der Waals surface area contributed by atoms with Crippen LogP contribution in [-0.2, 0) is 0 Å². The first kappa shape index (κ1) is 15.8. The molecule has 0 aliphatic heterocycles. The molecule has 2 aliphatic rings. The van der Waals surface area contributed by atoms with Gasteiger partial charge in [0.1, 0.15) is 0 Å². The standard InChI is InChI=1S/C19H29FN2/c1-14(15-10-7-11-15)22-18-17(12-13-21-19(18)20)16-8-5-3-2-4-6-9-16/h12-16,22H,2-11H2,1H3. The molecule has 1 atom stereocenters. The third-order valence-corrected chi connectivity index (χ3v) is 5.71. The van der Waals surface area contributed by atoms with Crippen molar-refractivity contribution in [1.29, 1.82) is 0 Å². The van der Waals surface area contributed by atoms with E-state index >= 15 is 0 Å². The number of hydrogen-bond acceptors (Lipinski definition) is 2. The molecule has 3 heteroatoms. The summed E-state index contributed by atoms with van der Waals surface area (Å²) in [6.45, 7) is 2.19. The van der Waals surface area contributed by atoms with E-state index in [0.717, 1.165) is 0 Å². The number of pyridine rings is 1. The van der Waals surface area contributed by atoms with Gasteiger partial charge >= 0.3 is 0 Å². The highest BCUT2D eigenvalue weighted by Gasteiger charge is 2.26. The number of nitrogens with one attached hydrogen (secondary N) is 1. The van der Waals surface area contributed by atoms with Crippen molar-refractivity contribution in [3.05, 3.63) is 23.8 Å². The highest BCUT2D eigenvalue weighted by atomic mass is 19.1. The van der Waals surface area contributed by atoms with Crippen molar-refractivity contribution >= 4 is 5.69 Å². The summed E-state index contributed by atoms with van der Waals surface area (Å²) in [4.78, 5) is 3.90. The topological polar surface area (TPSA) is 24.9 Å². The molecule has 0 spiro atoms.